The highest BCUT2D eigenvalue weighted by atomic mass is 19.4. The van der Waals surface area contributed by atoms with Crippen LogP contribution in [0.3, 0.4) is 0 Å². The van der Waals surface area contributed by atoms with Crippen molar-refractivity contribution >= 4 is 5.91 Å². The molecule has 90 valence electrons. The molecule has 0 fully saturated rings. The molecule has 0 aliphatic carbocycles. The van der Waals surface area contributed by atoms with Crippen molar-refractivity contribution in [3.8, 4) is 0 Å². The van der Waals surface area contributed by atoms with Gasteiger partial charge in [-0.15, -0.1) is 0 Å². The molecule has 0 rings (SSSR count). The number of nitrogens with zero attached hydrogens (tertiary/aromatic N) is 1. The lowest BCUT2D eigenvalue weighted by molar-refractivity contribution is -0.190. The van der Waals surface area contributed by atoms with E-state index in [0.717, 1.165) is 4.90 Å². The van der Waals surface area contributed by atoms with Crippen molar-refractivity contribution in [3.05, 3.63) is 0 Å². The number of rotatable bonds is 3. The van der Waals surface area contributed by atoms with Crippen LogP contribution < -0.4 is 5.73 Å². The van der Waals surface area contributed by atoms with Crippen molar-refractivity contribution in [3.63, 3.8) is 0 Å². The molecular formula is C9H17F3N2O. The van der Waals surface area contributed by atoms with Gasteiger partial charge >= 0.3 is 12.1 Å². The number of hydrogen-bond acceptors (Lipinski definition) is 2. The summed E-state index contributed by atoms with van der Waals surface area (Å²) in [6.45, 7) is 4.98. The number of hydrogen-bond donors (Lipinski definition) is 1. The van der Waals surface area contributed by atoms with Gasteiger partial charge in [-0.25, -0.2) is 0 Å². The Hall–Kier alpha value is -0.780. The minimum absolute atomic E-state index is 0.0261. The minimum Gasteiger partial charge on any atom is -0.330 e. The van der Waals surface area contributed by atoms with Crippen LogP contribution in [0, 0.1) is 0 Å². The number of halogens is 3. The van der Waals surface area contributed by atoms with Gasteiger partial charge in [0.15, 0.2) is 0 Å². The summed E-state index contributed by atoms with van der Waals surface area (Å²) in [6.07, 6.45) is -4.46. The van der Waals surface area contributed by atoms with Gasteiger partial charge in [0.2, 0.25) is 0 Å². The molecule has 0 aliphatic heterocycles. The van der Waals surface area contributed by atoms with Crippen molar-refractivity contribution in [2.75, 3.05) is 13.1 Å². The lowest BCUT2D eigenvalue weighted by atomic mass is 10.1. The molecule has 2 N–H and O–H groups in total. The summed E-state index contributed by atoms with van der Waals surface area (Å²) in [5.74, 6) is -1.80. The molecule has 0 atom stereocenters. The molecule has 0 aliphatic rings. The Balaban J connectivity index is 4.72. The van der Waals surface area contributed by atoms with E-state index in [9.17, 15) is 18.0 Å². The molecule has 0 aromatic rings. The molecule has 6 heteroatoms. The largest absolute Gasteiger partial charge is 0.471 e. The van der Waals surface area contributed by atoms with Gasteiger partial charge in [-0.3, -0.25) is 4.79 Å². The fourth-order valence-corrected chi connectivity index (χ4v) is 1.14. The average Bonchev–Trinajstić information content (AvgIpc) is 2.00. The Labute approximate surface area is 87.4 Å². The van der Waals surface area contributed by atoms with Gasteiger partial charge in [-0.1, -0.05) is 0 Å². The molecule has 0 saturated heterocycles. The second-order valence-electron chi connectivity index (χ2n) is 4.27. The van der Waals surface area contributed by atoms with Crippen LogP contribution in [0.1, 0.15) is 27.2 Å². The Bertz CT molecular complexity index is 220. The predicted molar refractivity (Wildman–Crippen MR) is 51.2 cm³/mol. The lowest BCUT2D eigenvalue weighted by Crippen LogP contribution is -2.51. The van der Waals surface area contributed by atoms with E-state index in [2.05, 4.69) is 0 Å². The quantitative estimate of drug-likeness (QED) is 0.793. The van der Waals surface area contributed by atoms with Gasteiger partial charge in [0.25, 0.3) is 0 Å². The fourth-order valence-electron chi connectivity index (χ4n) is 1.14. The zero-order valence-electron chi connectivity index (χ0n) is 9.19. The van der Waals surface area contributed by atoms with Crippen molar-refractivity contribution in [2.45, 2.75) is 38.9 Å². The fraction of sp³-hybridized carbons (Fsp3) is 0.889. The molecule has 3 nitrogen and oxygen atoms in total. The molecule has 0 saturated carbocycles. The van der Waals surface area contributed by atoms with Gasteiger partial charge in [0, 0.05) is 12.1 Å². The van der Waals surface area contributed by atoms with Crippen molar-refractivity contribution in [1.82, 2.24) is 4.90 Å². The Morgan fingerprint density at radius 3 is 2.00 bits per heavy atom. The third kappa shape index (κ3) is 4.51. The van der Waals surface area contributed by atoms with Gasteiger partial charge in [0.05, 0.1) is 0 Å². The SMILES string of the molecule is CC(C)(C)N(CCCN)C(=O)C(F)(F)F. The molecule has 0 spiro atoms. The zero-order chi connectivity index (χ0) is 12.3. The highest BCUT2D eigenvalue weighted by Crippen LogP contribution is 2.24. The second kappa shape index (κ2) is 4.83. The first kappa shape index (κ1) is 14.2. The molecule has 0 aromatic heterocycles. The summed E-state index contributed by atoms with van der Waals surface area (Å²) in [4.78, 5) is 11.9. The lowest BCUT2D eigenvalue weighted by Gasteiger charge is -2.36. The van der Waals surface area contributed by atoms with Gasteiger partial charge < -0.3 is 10.6 Å². The smallest absolute Gasteiger partial charge is 0.330 e. The average molecular weight is 226 g/mol. The third-order valence-corrected chi connectivity index (χ3v) is 1.88. The first-order chi connectivity index (χ1) is 6.60. The minimum atomic E-state index is -4.82. The van der Waals surface area contributed by atoms with Crippen LogP contribution in [0.5, 0.6) is 0 Å². The van der Waals surface area contributed by atoms with Gasteiger partial charge in [-0.05, 0) is 33.7 Å². The van der Waals surface area contributed by atoms with Gasteiger partial charge in [-0.2, -0.15) is 13.2 Å². The van der Waals surface area contributed by atoms with Crippen LogP contribution in [0.25, 0.3) is 0 Å². The second-order valence-corrected chi connectivity index (χ2v) is 4.27. The Morgan fingerprint density at radius 2 is 1.73 bits per heavy atom. The Morgan fingerprint density at radius 1 is 1.27 bits per heavy atom. The Kier molecular flexibility index (Phi) is 4.58. The summed E-state index contributed by atoms with van der Waals surface area (Å²) in [5.41, 5.74) is 4.36. The van der Waals surface area contributed by atoms with Crippen LogP contribution in [0.4, 0.5) is 13.2 Å². The van der Waals surface area contributed by atoms with Crippen LogP contribution in [0.2, 0.25) is 0 Å². The van der Waals surface area contributed by atoms with E-state index in [1.165, 1.54) is 0 Å². The van der Waals surface area contributed by atoms with Gasteiger partial charge in [0.1, 0.15) is 0 Å². The molecule has 15 heavy (non-hydrogen) atoms. The van der Waals surface area contributed by atoms with E-state index < -0.39 is 17.6 Å². The van der Waals surface area contributed by atoms with E-state index in [0.29, 0.717) is 6.42 Å². The number of carbonyl (C=O) groups is 1. The van der Waals surface area contributed by atoms with Crippen molar-refractivity contribution in [1.29, 1.82) is 0 Å². The maximum atomic E-state index is 12.2. The topological polar surface area (TPSA) is 46.3 Å². The summed E-state index contributed by atoms with van der Waals surface area (Å²) in [6, 6.07) is 0. The molecule has 0 radical (unpaired) electrons. The summed E-state index contributed by atoms with van der Waals surface area (Å²) in [5, 5.41) is 0. The predicted octanol–water partition coefficient (Wildman–Crippen LogP) is 1.52. The normalized spacial score (nSPS) is 12.7. The van der Waals surface area contributed by atoms with Crippen LogP contribution in [-0.2, 0) is 4.79 Å². The monoisotopic (exact) mass is 226 g/mol. The van der Waals surface area contributed by atoms with Crippen molar-refractivity contribution < 1.29 is 18.0 Å². The highest BCUT2D eigenvalue weighted by Gasteiger charge is 2.45. The molecular weight excluding hydrogens is 209 g/mol. The zero-order valence-corrected chi connectivity index (χ0v) is 9.19. The van der Waals surface area contributed by atoms with E-state index >= 15 is 0 Å². The molecule has 0 heterocycles. The first-order valence-corrected chi connectivity index (χ1v) is 4.69. The van der Waals surface area contributed by atoms with Crippen LogP contribution in [0.15, 0.2) is 0 Å². The van der Waals surface area contributed by atoms with E-state index in [1.54, 1.807) is 20.8 Å². The molecule has 0 aromatic carbocycles. The number of nitrogens with two attached hydrogens (primary N) is 1. The standard InChI is InChI=1S/C9H17F3N2O/c1-8(2,3)14(6-4-5-13)7(15)9(10,11)12/h4-6,13H2,1-3H3. The molecule has 0 bridgehead atoms. The number of alkyl halides is 3. The van der Waals surface area contributed by atoms with Crippen LogP contribution in [-0.4, -0.2) is 35.6 Å². The van der Waals surface area contributed by atoms with E-state index in [-0.39, 0.29) is 13.1 Å². The van der Waals surface area contributed by atoms with Crippen molar-refractivity contribution in [2.24, 2.45) is 5.73 Å². The third-order valence-electron chi connectivity index (χ3n) is 1.88. The molecule has 0 unspecified atom stereocenters. The van der Waals surface area contributed by atoms with E-state index in [4.69, 9.17) is 5.73 Å². The summed E-state index contributed by atoms with van der Waals surface area (Å²) < 4.78 is 36.7. The highest BCUT2D eigenvalue weighted by molar-refractivity contribution is 5.82. The summed E-state index contributed by atoms with van der Waals surface area (Å²) in [7, 11) is 0. The first-order valence-electron chi connectivity index (χ1n) is 4.69. The van der Waals surface area contributed by atoms with E-state index in [1.807, 2.05) is 0 Å². The molecule has 1 amide bonds. The number of amides is 1. The number of carbonyl (C=O) groups excluding carboxylic acids is 1. The maximum Gasteiger partial charge on any atom is 0.471 e. The maximum absolute atomic E-state index is 12.2. The summed E-state index contributed by atoms with van der Waals surface area (Å²) >= 11 is 0. The van der Waals surface area contributed by atoms with Crippen LogP contribution >= 0.6 is 0 Å².